The van der Waals surface area contributed by atoms with Gasteiger partial charge >= 0.3 is 18.0 Å². The number of benzene rings is 1. The van der Waals surface area contributed by atoms with Crippen LogP contribution in [0.1, 0.15) is 36.7 Å². The molecule has 29 heavy (non-hydrogen) atoms. The number of aldehydes is 1. The van der Waals surface area contributed by atoms with Gasteiger partial charge in [-0.2, -0.15) is 0 Å². The van der Waals surface area contributed by atoms with Gasteiger partial charge in [0.25, 0.3) is 0 Å². The van der Waals surface area contributed by atoms with Gasteiger partial charge in [0.05, 0.1) is 0 Å². The number of aliphatic carboxylic acids is 2. The van der Waals surface area contributed by atoms with E-state index >= 15 is 0 Å². The first-order valence-corrected chi connectivity index (χ1v) is 8.69. The number of nitrogens with zero attached hydrogens (tertiary/aromatic N) is 2. The van der Waals surface area contributed by atoms with Crippen LogP contribution in [0.3, 0.4) is 0 Å². The highest BCUT2D eigenvalue weighted by atomic mass is 16.6. The third kappa shape index (κ3) is 10.7. The zero-order valence-corrected chi connectivity index (χ0v) is 17.6. The van der Waals surface area contributed by atoms with E-state index in [9.17, 15) is 19.2 Å². The van der Waals surface area contributed by atoms with Gasteiger partial charge in [0, 0.05) is 25.3 Å². The molecule has 0 atom stereocenters. The molecule has 0 fully saturated rings. The second kappa shape index (κ2) is 11.6. The predicted octanol–water partition coefficient (Wildman–Crippen LogP) is 1.77. The lowest BCUT2D eigenvalue weighted by Gasteiger charge is -2.23. The average molecular weight is 411 g/mol. The minimum absolute atomic E-state index is 0.375. The van der Waals surface area contributed by atoms with E-state index in [4.69, 9.17) is 14.9 Å². The number of hydrogen-bond donors (Lipinski definition) is 3. The standard InChI is InChI=1S/C12H13NO5.C7H16N2O2/c1-8-4-9(7-14)2-3-10(8)13(5-11(15)16)6-12(17)18;1-7(2,3)11-6(10)9(5)8-4/h2-4,7H,5-6H2,1H3,(H,15,16)(H,17,18);8H,1-5H3. The fraction of sp³-hybridized carbons (Fsp3) is 0.474. The summed E-state index contributed by atoms with van der Waals surface area (Å²) < 4.78 is 5.01. The molecule has 0 saturated carbocycles. The summed E-state index contributed by atoms with van der Waals surface area (Å²) in [7, 11) is 3.26. The fourth-order valence-electron chi connectivity index (χ4n) is 2.08. The van der Waals surface area contributed by atoms with Gasteiger partial charge in [-0.15, -0.1) is 0 Å². The van der Waals surface area contributed by atoms with Crippen molar-refractivity contribution in [2.24, 2.45) is 0 Å². The van der Waals surface area contributed by atoms with Crippen molar-refractivity contribution in [2.45, 2.75) is 33.3 Å². The van der Waals surface area contributed by atoms with Crippen molar-refractivity contribution in [1.82, 2.24) is 10.4 Å². The molecule has 0 saturated heterocycles. The lowest BCUT2D eigenvalue weighted by atomic mass is 10.1. The number of nitrogens with one attached hydrogen (secondary N) is 1. The third-order valence-corrected chi connectivity index (χ3v) is 3.35. The molecule has 0 bridgehead atoms. The van der Waals surface area contributed by atoms with Crippen LogP contribution >= 0.6 is 0 Å². The number of carboxylic acid groups (broad SMARTS) is 2. The van der Waals surface area contributed by atoms with Crippen LogP contribution in [0.4, 0.5) is 10.5 Å². The van der Waals surface area contributed by atoms with Crippen LogP contribution in [0.5, 0.6) is 0 Å². The lowest BCUT2D eigenvalue weighted by Crippen LogP contribution is -2.40. The highest BCUT2D eigenvalue weighted by Crippen LogP contribution is 2.20. The van der Waals surface area contributed by atoms with Gasteiger partial charge in [-0.1, -0.05) is 0 Å². The summed E-state index contributed by atoms with van der Waals surface area (Å²) >= 11 is 0. The quantitative estimate of drug-likeness (QED) is 0.453. The summed E-state index contributed by atoms with van der Waals surface area (Å²) in [6.07, 6.45) is 0.301. The minimum atomic E-state index is -1.12. The van der Waals surface area contributed by atoms with E-state index in [1.807, 2.05) is 20.8 Å². The number of anilines is 1. The molecule has 0 heterocycles. The maximum Gasteiger partial charge on any atom is 0.424 e. The number of amides is 1. The van der Waals surface area contributed by atoms with Crippen molar-refractivity contribution in [1.29, 1.82) is 0 Å². The largest absolute Gasteiger partial charge is 0.480 e. The first kappa shape index (κ1) is 25.9. The van der Waals surface area contributed by atoms with Gasteiger partial charge in [0.15, 0.2) is 0 Å². The normalized spacial score (nSPS) is 10.3. The number of carboxylic acids is 2. The average Bonchev–Trinajstić information content (AvgIpc) is 2.58. The number of carbonyl (C=O) groups excluding carboxylic acids is 2. The van der Waals surface area contributed by atoms with Gasteiger partial charge < -0.3 is 19.8 Å². The molecule has 0 spiro atoms. The predicted molar refractivity (Wildman–Crippen MR) is 107 cm³/mol. The molecule has 0 radical (unpaired) electrons. The van der Waals surface area contributed by atoms with Crippen LogP contribution in [-0.2, 0) is 14.3 Å². The van der Waals surface area contributed by atoms with Crippen molar-refractivity contribution in [3.8, 4) is 0 Å². The highest BCUT2D eigenvalue weighted by Gasteiger charge is 2.18. The van der Waals surface area contributed by atoms with Crippen molar-refractivity contribution in [3.05, 3.63) is 29.3 Å². The molecule has 1 amide bonds. The van der Waals surface area contributed by atoms with Crippen molar-refractivity contribution >= 4 is 30.0 Å². The summed E-state index contributed by atoms with van der Waals surface area (Å²) in [5.74, 6) is -2.23. The van der Waals surface area contributed by atoms with Crippen LogP contribution in [-0.4, -0.2) is 72.3 Å². The zero-order valence-electron chi connectivity index (χ0n) is 17.6. The SMILES string of the molecule is CNN(C)C(=O)OC(C)(C)C.Cc1cc(C=O)ccc1N(CC(=O)O)CC(=O)O. The molecule has 0 aliphatic rings. The third-order valence-electron chi connectivity index (χ3n) is 3.35. The first-order chi connectivity index (χ1) is 13.3. The molecule has 10 heteroatoms. The van der Waals surface area contributed by atoms with Gasteiger partial charge in [0.1, 0.15) is 25.0 Å². The van der Waals surface area contributed by atoms with Crippen LogP contribution in [0.15, 0.2) is 18.2 Å². The monoisotopic (exact) mass is 411 g/mol. The Hall–Kier alpha value is -3.14. The highest BCUT2D eigenvalue weighted by molar-refractivity contribution is 5.82. The molecule has 1 aromatic rings. The number of carbonyl (C=O) groups is 4. The summed E-state index contributed by atoms with van der Waals surface area (Å²) in [6, 6.07) is 4.65. The topological polar surface area (TPSA) is 136 Å². The van der Waals surface area contributed by atoms with E-state index in [0.717, 1.165) is 0 Å². The Kier molecular flexibility index (Phi) is 10.4. The maximum atomic E-state index is 11.0. The molecule has 1 aromatic carbocycles. The van der Waals surface area contributed by atoms with Gasteiger partial charge in [-0.3, -0.25) is 14.4 Å². The first-order valence-electron chi connectivity index (χ1n) is 8.69. The Balaban J connectivity index is 0.000000614. The lowest BCUT2D eigenvalue weighted by molar-refractivity contribution is -0.136. The second-order valence-corrected chi connectivity index (χ2v) is 7.07. The Morgan fingerprint density at radius 1 is 1.14 bits per heavy atom. The van der Waals surface area contributed by atoms with Crippen LogP contribution in [0.2, 0.25) is 0 Å². The van der Waals surface area contributed by atoms with E-state index in [1.54, 1.807) is 33.2 Å². The molecule has 0 aliphatic carbocycles. The van der Waals surface area contributed by atoms with Crippen LogP contribution in [0, 0.1) is 6.92 Å². The zero-order chi connectivity index (χ0) is 22.8. The van der Waals surface area contributed by atoms with Gasteiger partial charge in [-0.05, 0) is 51.5 Å². The Morgan fingerprint density at radius 3 is 2.00 bits per heavy atom. The van der Waals surface area contributed by atoms with Crippen molar-refractivity contribution < 1.29 is 34.1 Å². The molecule has 0 aliphatic heterocycles. The molecule has 3 N–H and O–H groups in total. The smallest absolute Gasteiger partial charge is 0.424 e. The summed E-state index contributed by atoms with van der Waals surface area (Å²) in [4.78, 5) is 44.3. The Labute approximate surface area is 170 Å². The van der Waals surface area contributed by atoms with Gasteiger partial charge in [0.2, 0.25) is 0 Å². The van der Waals surface area contributed by atoms with Crippen LogP contribution < -0.4 is 10.3 Å². The number of rotatable bonds is 7. The number of aryl methyl sites for hydroxylation is 1. The fourth-order valence-corrected chi connectivity index (χ4v) is 2.08. The van der Waals surface area contributed by atoms with Crippen LogP contribution in [0.25, 0.3) is 0 Å². The summed E-state index contributed by atoms with van der Waals surface area (Å²) in [5.41, 5.74) is 3.82. The molecular weight excluding hydrogens is 382 g/mol. The van der Waals surface area contributed by atoms with Crippen molar-refractivity contribution in [3.63, 3.8) is 0 Å². The van der Waals surface area contributed by atoms with Gasteiger partial charge in [-0.25, -0.2) is 15.2 Å². The molecular formula is C19H29N3O7. The molecule has 0 unspecified atom stereocenters. The number of ether oxygens (including phenoxy) is 1. The van der Waals surface area contributed by atoms with E-state index in [2.05, 4.69) is 5.43 Å². The Bertz CT molecular complexity index is 713. The summed E-state index contributed by atoms with van der Waals surface area (Å²) in [5, 5.41) is 18.8. The minimum Gasteiger partial charge on any atom is -0.480 e. The molecule has 10 nitrogen and oxygen atoms in total. The maximum absolute atomic E-state index is 11.0. The number of hydrogen-bond acceptors (Lipinski definition) is 7. The van der Waals surface area contributed by atoms with E-state index in [1.165, 1.54) is 16.0 Å². The number of hydrazine groups is 1. The van der Waals surface area contributed by atoms with E-state index < -0.39 is 30.6 Å². The Morgan fingerprint density at radius 2 is 1.66 bits per heavy atom. The molecule has 1 rings (SSSR count). The van der Waals surface area contributed by atoms with Crippen molar-refractivity contribution in [2.75, 3.05) is 32.1 Å². The second-order valence-electron chi connectivity index (χ2n) is 7.07. The summed E-state index contributed by atoms with van der Waals surface area (Å²) in [6.45, 7) is 6.36. The van der Waals surface area contributed by atoms with E-state index in [-0.39, 0.29) is 6.09 Å². The molecule has 162 valence electrons. The molecule has 0 aromatic heterocycles. The van der Waals surface area contributed by atoms with E-state index in [0.29, 0.717) is 23.1 Å².